The van der Waals surface area contributed by atoms with E-state index >= 15 is 0 Å². The van der Waals surface area contributed by atoms with Crippen molar-refractivity contribution >= 4 is 5.91 Å². The number of ether oxygens (including phenoxy) is 2. The van der Waals surface area contributed by atoms with Crippen LogP contribution in [-0.4, -0.2) is 24.7 Å². The van der Waals surface area contributed by atoms with E-state index in [1.54, 1.807) is 38.5 Å². The van der Waals surface area contributed by atoms with Gasteiger partial charge in [0, 0.05) is 18.3 Å². The smallest absolute Gasteiger partial charge is 0.416 e. The van der Waals surface area contributed by atoms with Crippen molar-refractivity contribution in [2.75, 3.05) is 14.2 Å². The van der Waals surface area contributed by atoms with Crippen LogP contribution >= 0.6 is 0 Å². The zero-order valence-corrected chi connectivity index (χ0v) is 20.0. The molecular formula is C28H25F3N2O3. The summed E-state index contributed by atoms with van der Waals surface area (Å²) in [4.78, 5) is 13.2. The predicted octanol–water partition coefficient (Wildman–Crippen LogP) is 6.42. The van der Waals surface area contributed by atoms with Crippen molar-refractivity contribution < 1.29 is 27.4 Å². The number of nitrogens with zero attached hydrogens (tertiary/aromatic N) is 1. The quantitative estimate of drug-likeness (QED) is 0.323. The van der Waals surface area contributed by atoms with E-state index in [4.69, 9.17) is 9.47 Å². The lowest BCUT2D eigenvalue weighted by molar-refractivity contribution is -0.137. The first-order valence-electron chi connectivity index (χ1n) is 11.2. The molecule has 36 heavy (non-hydrogen) atoms. The number of hydrogen-bond acceptors (Lipinski definition) is 3. The standard InChI is InChI=1S/C28H25F3N2O3/c1-18-23(27(34)32-17-19-8-7-11-21(14-19)28(29,30)31)16-25(20-9-5-4-6-10-20)33(18)24-13-12-22(35-2)15-26(24)36-3/h4-16H,17H2,1-3H3,(H,32,34). The normalized spacial score (nSPS) is 11.3. The van der Waals surface area contributed by atoms with E-state index in [2.05, 4.69) is 5.32 Å². The molecule has 0 aliphatic rings. The van der Waals surface area contributed by atoms with Crippen LogP contribution in [0.2, 0.25) is 0 Å². The molecule has 0 saturated heterocycles. The largest absolute Gasteiger partial charge is 0.497 e. The van der Waals surface area contributed by atoms with Crippen molar-refractivity contribution in [2.45, 2.75) is 19.6 Å². The molecule has 8 heteroatoms. The molecule has 5 nitrogen and oxygen atoms in total. The zero-order valence-electron chi connectivity index (χ0n) is 20.0. The van der Waals surface area contributed by atoms with E-state index in [0.717, 1.165) is 23.4 Å². The minimum atomic E-state index is -4.45. The van der Waals surface area contributed by atoms with Gasteiger partial charge < -0.3 is 19.4 Å². The number of halogens is 3. The van der Waals surface area contributed by atoms with Gasteiger partial charge in [0.1, 0.15) is 11.5 Å². The number of alkyl halides is 3. The minimum absolute atomic E-state index is 0.0418. The summed E-state index contributed by atoms with van der Waals surface area (Å²) in [6.45, 7) is 1.77. The van der Waals surface area contributed by atoms with E-state index in [1.807, 2.05) is 47.9 Å². The summed E-state index contributed by atoms with van der Waals surface area (Å²) in [7, 11) is 3.12. The second-order valence-electron chi connectivity index (χ2n) is 8.15. The zero-order chi connectivity index (χ0) is 25.9. The van der Waals surface area contributed by atoms with Gasteiger partial charge in [-0.15, -0.1) is 0 Å². The van der Waals surface area contributed by atoms with E-state index in [-0.39, 0.29) is 6.54 Å². The van der Waals surface area contributed by atoms with Crippen LogP contribution in [0.1, 0.15) is 27.2 Å². The molecule has 4 rings (SSSR count). The van der Waals surface area contributed by atoms with Gasteiger partial charge in [0.25, 0.3) is 5.91 Å². The molecule has 0 aliphatic heterocycles. The van der Waals surface area contributed by atoms with Crippen molar-refractivity contribution in [3.63, 3.8) is 0 Å². The number of methoxy groups -OCH3 is 2. The summed E-state index contributed by atoms with van der Waals surface area (Å²) in [5, 5.41) is 2.75. The summed E-state index contributed by atoms with van der Waals surface area (Å²) in [6.07, 6.45) is -4.45. The Kier molecular flexibility index (Phi) is 7.05. The first-order chi connectivity index (χ1) is 17.2. The molecule has 0 spiro atoms. The first-order valence-corrected chi connectivity index (χ1v) is 11.2. The van der Waals surface area contributed by atoms with Crippen LogP contribution < -0.4 is 14.8 Å². The fraction of sp³-hybridized carbons (Fsp3) is 0.179. The third-order valence-electron chi connectivity index (χ3n) is 5.90. The van der Waals surface area contributed by atoms with Gasteiger partial charge in [-0.3, -0.25) is 4.79 Å². The van der Waals surface area contributed by atoms with Crippen molar-refractivity contribution in [3.8, 4) is 28.4 Å². The number of hydrogen-bond donors (Lipinski definition) is 1. The Morgan fingerprint density at radius 1 is 0.917 bits per heavy atom. The second-order valence-corrected chi connectivity index (χ2v) is 8.15. The molecule has 0 bridgehead atoms. The molecule has 1 aromatic heterocycles. The molecular weight excluding hydrogens is 469 g/mol. The molecule has 0 aliphatic carbocycles. The highest BCUT2D eigenvalue weighted by Crippen LogP contribution is 2.35. The van der Waals surface area contributed by atoms with Gasteiger partial charge in [0.15, 0.2) is 0 Å². The second kappa shape index (κ2) is 10.2. The van der Waals surface area contributed by atoms with Crippen LogP contribution in [0.3, 0.4) is 0 Å². The van der Waals surface area contributed by atoms with Crippen LogP contribution in [0.4, 0.5) is 13.2 Å². The molecule has 0 fully saturated rings. The van der Waals surface area contributed by atoms with Crippen molar-refractivity contribution in [2.24, 2.45) is 0 Å². The Bertz CT molecular complexity index is 1380. The van der Waals surface area contributed by atoms with E-state index in [1.165, 1.54) is 6.07 Å². The van der Waals surface area contributed by atoms with Gasteiger partial charge in [-0.05, 0) is 48.4 Å². The summed E-state index contributed by atoms with van der Waals surface area (Å²) in [5.41, 5.74) is 3.02. The van der Waals surface area contributed by atoms with E-state index in [9.17, 15) is 18.0 Å². The van der Waals surface area contributed by atoms with Gasteiger partial charge in [-0.1, -0.05) is 42.5 Å². The van der Waals surface area contributed by atoms with Crippen molar-refractivity contribution in [1.29, 1.82) is 0 Å². The molecule has 0 radical (unpaired) electrons. The van der Waals surface area contributed by atoms with Gasteiger partial charge in [-0.2, -0.15) is 13.2 Å². The van der Waals surface area contributed by atoms with Crippen LogP contribution in [0, 0.1) is 6.92 Å². The SMILES string of the molecule is COc1ccc(-n2c(-c3ccccc3)cc(C(=O)NCc3cccc(C(F)(F)F)c3)c2C)c(OC)c1. The van der Waals surface area contributed by atoms with Crippen LogP contribution in [-0.2, 0) is 12.7 Å². The van der Waals surface area contributed by atoms with Crippen molar-refractivity contribution in [3.05, 3.63) is 101 Å². The molecule has 186 valence electrons. The maximum Gasteiger partial charge on any atom is 0.416 e. The average Bonchev–Trinajstić information content (AvgIpc) is 3.23. The molecule has 1 heterocycles. The number of benzene rings is 3. The maximum atomic E-state index is 13.2. The molecule has 4 aromatic rings. The monoisotopic (exact) mass is 494 g/mol. The lowest BCUT2D eigenvalue weighted by Crippen LogP contribution is -2.23. The fourth-order valence-electron chi connectivity index (χ4n) is 4.07. The number of rotatable bonds is 7. The third kappa shape index (κ3) is 5.07. The highest BCUT2D eigenvalue weighted by atomic mass is 19.4. The Morgan fingerprint density at radius 3 is 2.33 bits per heavy atom. The molecule has 1 N–H and O–H groups in total. The number of carbonyl (C=O) groups is 1. The van der Waals surface area contributed by atoms with Crippen LogP contribution in [0.25, 0.3) is 16.9 Å². The Hall–Kier alpha value is -4.20. The molecule has 1 amide bonds. The van der Waals surface area contributed by atoms with Crippen molar-refractivity contribution in [1.82, 2.24) is 9.88 Å². The average molecular weight is 495 g/mol. The molecule has 0 saturated carbocycles. The number of aromatic nitrogens is 1. The van der Waals surface area contributed by atoms with Gasteiger partial charge in [-0.25, -0.2) is 0 Å². The summed E-state index contributed by atoms with van der Waals surface area (Å²) in [5.74, 6) is 0.787. The highest BCUT2D eigenvalue weighted by molar-refractivity contribution is 5.97. The number of amides is 1. The third-order valence-corrected chi connectivity index (χ3v) is 5.90. The summed E-state index contributed by atoms with van der Waals surface area (Å²) in [6, 6.07) is 21.7. The van der Waals surface area contributed by atoms with Crippen LogP contribution in [0.5, 0.6) is 11.5 Å². The molecule has 3 aromatic carbocycles. The first kappa shape index (κ1) is 24.9. The van der Waals surface area contributed by atoms with Gasteiger partial charge in [0.2, 0.25) is 0 Å². The molecule has 0 atom stereocenters. The molecule has 0 unspecified atom stereocenters. The Labute approximate surface area is 207 Å². The Morgan fingerprint density at radius 2 is 1.67 bits per heavy atom. The highest BCUT2D eigenvalue weighted by Gasteiger charge is 2.30. The van der Waals surface area contributed by atoms with E-state index in [0.29, 0.717) is 34.0 Å². The number of carbonyl (C=O) groups excluding carboxylic acids is 1. The van der Waals surface area contributed by atoms with Gasteiger partial charge >= 0.3 is 6.18 Å². The van der Waals surface area contributed by atoms with Crippen LogP contribution in [0.15, 0.2) is 78.9 Å². The fourth-order valence-corrected chi connectivity index (χ4v) is 4.07. The predicted molar refractivity (Wildman–Crippen MR) is 132 cm³/mol. The Balaban J connectivity index is 1.73. The summed E-state index contributed by atoms with van der Waals surface area (Å²) >= 11 is 0. The maximum absolute atomic E-state index is 13.2. The minimum Gasteiger partial charge on any atom is -0.497 e. The number of nitrogens with one attached hydrogen (secondary N) is 1. The van der Waals surface area contributed by atoms with Gasteiger partial charge in [0.05, 0.1) is 36.7 Å². The lowest BCUT2D eigenvalue weighted by atomic mass is 10.1. The topological polar surface area (TPSA) is 52.5 Å². The van der Waals surface area contributed by atoms with E-state index < -0.39 is 17.6 Å². The lowest BCUT2D eigenvalue weighted by Gasteiger charge is -2.16. The summed E-state index contributed by atoms with van der Waals surface area (Å²) < 4.78 is 52.0.